The lowest BCUT2D eigenvalue weighted by molar-refractivity contribution is -0.988. The Hall–Kier alpha value is -0.970. The summed E-state index contributed by atoms with van der Waals surface area (Å²) < 4.78 is 0.826. The van der Waals surface area contributed by atoms with Crippen LogP contribution >= 0.6 is 0 Å². The Labute approximate surface area is 103 Å². The molecule has 0 radical (unpaired) electrons. The van der Waals surface area contributed by atoms with E-state index < -0.39 is 5.60 Å². The van der Waals surface area contributed by atoms with Crippen LogP contribution in [-0.2, 0) is 5.60 Å². The fourth-order valence-electron chi connectivity index (χ4n) is 2.42. The molecule has 0 atom stereocenters. The number of hydrogen-bond acceptors (Lipinski definition) is 3. The molecule has 2 heterocycles. The van der Waals surface area contributed by atoms with Crippen molar-refractivity contribution in [2.75, 3.05) is 34.2 Å². The minimum atomic E-state index is -0.672. The fraction of sp³-hybridized carbons (Fsp3) is 0.615. The van der Waals surface area contributed by atoms with Crippen LogP contribution in [0, 0.1) is 0 Å². The van der Waals surface area contributed by atoms with E-state index in [1.807, 2.05) is 12.1 Å². The van der Waals surface area contributed by atoms with Crippen LogP contribution in [0.4, 0.5) is 0 Å². The Morgan fingerprint density at radius 2 is 1.71 bits per heavy atom. The van der Waals surface area contributed by atoms with E-state index in [-0.39, 0.29) is 0 Å². The van der Waals surface area contributed by atoms with Crippen molar-refractivity contribution in [3.8, 4) is 0 Å². The third kappa shape index (κ3) is 2.65. The standard InChI is InChI=1S/C13H22N3O/c1-16(2,3)15-10-6-13(17,7-11-15)12-4-8-14-9-5-12/h4-5,8-9,17H,6-7,10-11H2,1-3H3/q+1. The molecule has 1 aromatic rings. The van der Waals surface area contributed by atoms with E-state index in [4.69, 9.17) is 0 Å². The number of aromatic nitrogens is 1. The van der Waals surface area contributed by atoms with E-state index in [0.717, 1.165) is 36.1 Å². The van der Waals surface area contributed by atoms with E-state index >= 15 is 0 Å². The minimum absolute atomic E-state index is 0.672. The van der Waals surface area contributed by atoms with Crippen LogP contribution in [0.3, 0.4) is 0 Å². The van der Waals surface area contributed by atoms with Gasteiger partial charge in [-0.05, 0) is 30.5 Å². The van der Waals surface area contributed by atoms with Crippen LogP contribution in [0.2, 0.25) is 0 Å². The molecule has 1 aliphatic heterocycles. The van der Waals surface area contributed by atoms with Crippen LogP contribution in [0.1, 0.15) is 18.4 Å². The second kappa shape index (κ2) is 4.37. The SMILES string of the molecule is C[N+](C)(C)N1CCC(O)(c2ccncc2)CC1. The van der Waals surface area contributed by atoms with Crippen molar-refractivity contribution in [1.82, 2.24) is 9.99 Å². The molecule has 4 heteroatoms. The fourth-order valence-corrected chi connectivity index (χ4v) is 2.42. The molecule has 1 aliphatic rings. The molecule has 0 aromatic carbocycles. The molecule has 4 nitrogen and oxygen atoms in total. The average Bonchev–Trinajstić information content (AvgIpc) is 2.29. The molecule has 0 unspecified atom stereocenters. The van der Waals surface area contributed by atoms with Gasteiger partial charge in [-0.3, -0.25) is 9.58 Å². The van der Waals surface area contributed by atoms with Crippen molar-refractivity contribution >= 4 is 0 Å². The normalized spacial score (nSPS) is 21.4. The second-order valence-corrected chi connectivity index (χ2v) is 5.66. The molecule has 0 amide bonds. The zero-order valence-electron chi connectivity index (χ0n) is 10.9. The zero-order valence-corrected chi connectivity index (χ0v) is 10.9. The van der Waals surface area contributed by atoms with Gasteiger partial charge in [0.1, 0.15) is 0 Å². The number of quaternary nitrogens is 1. The molecule has 94 valence electrons. The molecule has 0 bridgehead atoms. The van der Waals surface area contributed by atoms with E-state index in [9.17, 15) is 5.11 Å². The third-order valence-corrected chi connectivity index (χ3v) is 3.63. The first kappa shape index (κ1) is 12.5. The van der Waals surface area contributed by atoms with Crippen LogP contribution in [0.25, 0.3) is 0 Å². The lowest BCUT2D eigenvalue weighted by atomic mass is 9.85. The summed E-state index contributed by atoms with van der Waals surface area (Å²) in [5.41, 5.74) is 0.322. The van der Waals surface area contributed by atoms with Crippen molar-refractivity contribution in [2.45, 2.75) is 18.4 Å². The summed E-state index contributed by atoms with van der Waals surface area (Å²) in [6, 6.07) is 3.84. The Kier molecular flexibility index (Phi) is 3.21. The van der Waals surface area contributed by atoms with Crippen LogP contribution in [0.15, 0.2) is 24.5 Å². The van der Waals surface area contributed by atoms with Crippen molar-refractivity contribution in [3.63, 3.8) is 0 Å². The lowest BCUT2D eigenvalue weighted by Gasteiger charge is -2.44. The summed E-state index contributed by atoms with van der Waals surface area (Å²) in [6.45, 7) is 1.84. The number of aliphatic hydroxyl groups is 1. The van der Waals surface area contributed by atoms with Crippen molar-refractivity contribution < 1.29 is 9.70 Å². The summed E-state index contributed by atoms with van der Waals surface area (Å²) in [4.78, 5) is 4.00. The maximum atomic E-state index is 10.7. The monoisotopic (exact) mass is 236 g/mol. The highest BCUT2D eigenvalue weighted by Gasteiger charge is 2.37. The van der Waals surface area contributed by atoms with Crippen molar-refractivity contribution in [3.05, 3.63) is 30.1 Å². The summed E-state index contributed by atoms with van der Waals surface area (Å²) in [7, 11) is 6.49. The quantitative estimate of drug-likeness (QED) is 0.778. The summed E-state index contributed by atoms with van der Waals surface area (Å²) in [5.74, 6) is 0. The van der Waals surface area contributed by atoms with Gasteiger partial charge in [-0.2, -0.15) is 5.01 Å². The first-order valence-electron chi connectivity index (χ1n) is 6.12. The number of hydrogen-bond donors (Lipinski definition) is 1. The van der Waals surface area contributed by atoms with Gasteiger partial charge >= 0.3 is 0 Å². The van der Waals surface area contributed by atoms with Crippen LogP contribution < -0.4 is 0 Å². The van der Waals surface area contributed by atoms with E-state index in [0.29, 0.717) is 0 Å². The third-order valence-electron chi connectivity index (χ3n) is 3.63. The highest BCUT2D eigenvalue weighted by Crippen LogP contribution is 2.33. The maximum absolute atomic E-state index is 10.7. The topological polar surface area (TPSA) is 36.4 Å². The van der Waals surface area contributed by atoms with Crippen LogP contribution in [0.5, 0.6) is 0 Å². The first-order valence-corrected chi connectivity index (χ1v) is 6.12. The highest BCUT2D eigenvalue weighted by molar-refractivity contribution is 5.19. The van der Waals surface area contributed by atoms with Gasteiger partial charge in [0, 0.05) is 12.4 Å². The molecule has 0 aliphatic carbocycles. The van der Waals surface area contributed by atoms with E-state index in [1.165, 1.54) is 0 Å². The van der Waals surface area contributed by atoms with Gasteiger partial charge in [-0.1, -0.05) is 0 Å². The Balaban J connectivity index is 2.08. The number of piperidine rings is 1. The average molecular weight is 236 g/mol. The largest absolute Gasteiger partial charge is 0.385 e. The Bertz CT molecular complexity index is 364. The first-order chi connectivity index (χ1) is 7.92. The van der Waals surface area contributed by atoms with Crippen LogP contribution in [-0.4, -0.2) is 53.9 Å². The molecule has 1 saturated heterocycles. The molecular weight excluding hydrogens is 214 g/mol. The van der Waals surface area contributed by atoms with Crippen molar-refractivity contribution in [2.24, 2.45) is 0 Å². The Morgan fingerprint density at radius 3 is 2.18 bits per heavy atom. The van der Waals surface area contributed by atoms with Gasteiger partial charge in [0.2, 0.25) is 0 Å². The zero-order chi connectivity index (χ0) is 12.5. The highest BCUT2D eigenvalue weighted by atomic mass is 16.3. The van der Waals surface area contributed by atoms with Gasteiger partial charge in [-0.15, -0.1) is 0 Å². The molecule has 2 rings (SSSR count). The number of nitrogens with zero attached hydrogens (tertiary/aromatic N) is 3. The Morgan fingerprint density at radius 1 is 1.18 bits per heavy atom. The summed E-state index contributed by atoms with van der Waals surface area (Å²) in [5, 5.41) is 13.0. The van der Waals surface area contributed by atoms with Gasteiger partial charge in [0.15, 0.2) is 0 Å². The molecule has 1 fully saturated rings. The predicted molar refractivity (Wildman–Crippen MR) is 67.0 cm³/mol. The predicted octanol–water partition coefficient (Wildman–Crippen LogP) is 0.986. The van der Waals surface area contributed by atoms with E-state index in [1.54, 1.807) is 12.4 Å². The van der Waals surface area contributed by atoms with Gasteiger partial charge in [0.05, 0.1) is 39.8 Å². The smallest absolute Gasteiger partial charge is 0.0926 e. The van der Waals surface area contributed by atoms with Crippen molar-refractivity contribution in [1.29, 1.82) is 0 Å². The van der Waals surface area contributed by atoms with Gasteiger partial charge < -0.3 is 5.11 Å². The molecule has 0 saturated carbocycles. The van der Waals surface area contributed by atoms with Gasteiger partial charge in [0.25, 0.3) is 0 Å². The summed E-state index contributed by atoms with van der Waals surface area (Å²) >= 11 is 0. The number of pyridine rings is 1. The lowest BCUT2D eigenvalue weighted by Crippen LogP contribution is -2.56. The number of rotatable bonds is 2. The maximum Gasteiger partial charge on any atom is 0.0926 e. The molecule has 1 aromatic heterocycles. The summed E-state index contributed by atoms with van der Waals surface area (Å²) in [6.07, 6.45) is 5.07. The molecular formula is C13H22N3O+. The molecule has 1 N–H and O–H groups in total. The minimum Gasteiger partial charge on any atom is -0.385 e. The molecule has 17 heavy (non-hydrogen) atoms. The second-order valence-electron chi connectivity index (χ2n) is 5.66. The van der Waals surface area contributed by atoms with Gasteiger partial charge in [-0.25, -0.2) is 0 Å². The van der Waals surface area contributed by atoms with E-state index in [2.05, 4.69) is 31.1 Å². The molecule has 0 spiro atoms.